The fraction of sp³-hybridized carbons (Fsp3) is 0.438. The van der Waals surface area contributed by atoms with Crippen LogP contribution in [-0.2, 0) is 13.0 Å². The van der Waals surface area contributed by atoms with Gasteiger partial charge >= 0.3 is 0 Å². The molecule has 1 N–H and O–H groups in total. The van der Waals surface area contributed by atoms with Crippen molar-refractivity contribution in [1.29, 1.82) is 0 Å². The Labute approximate surface area is 128 Å². The third-order valence-electron chi connectivity index (χ3n) is 3.81. The SMILES string of the molecule is Cc1nc(Cc2ccccc2F)sc1CN1CCNCC1. The van der Waals surface area contributed by atoms with Crippen molar-refractivity contribution in [2.75, 3.05) is 26.2 Å². The topological polar surface area (TPSA) is 28.2 Å². The molecule has 1 fully saturated rings. The molecule has 0 aliphatic carbocycles. The van der Waals surface area contributed by atoms with Gasteiger partial charge in [0.25, 0.3) is 0 Å². The summed E-state index contributed by atoms with van der Waals surface area (Å²) in [7, 11) is 0. The Hall–Kier alpha value is -1.30. The molecule has 0 atom stereocenters. The molecule has 3 nitrogen and oxygen atoms in total. The van der Waals surface area contributed by atoms with E-state index in [2.05, 4.69) is 22.1 Å². The molecule has 0 bridgehead atoms. The number of hydrogen-bond acceptors (Lipinski definition) is 4. The van der Waals surface area contributed by atoms with Gasteiger partial charge in [0.1, 0.15) is 5.82 Å². The normalized spacial score (nSPS) is 16.3. The molecule has 0 amide bonds. The van der Waals surface area contributed by atoms with Crippen LogP contribution in [0.25, 0.3) is 0 Å². The van der Waals surface area contributed by atoms with E-state index in [4.69, 9.17) is 0 Å². The van der Waals surface area contributed by atoms with Gasteiger partial charge in [-0.25, -0.2) is 9.37 Å². The van der Waals surface area contributed by atoms with Gasteiger partial charge in [-0.15, -0.1) is 11.3 Å². The molecule has 0 spiro atoms. The van der Waals surface area contributed by atoms with Crippen LogP contribution >= 0.6 is 11.3 Å². The molecular formula is C16H20FN3S. The molecule has 5 heteroatoms. The minimum Gasteiger partial charge on any atom is -0.314 e. The van der Waals surface area contributed by atoms with Gasteiger partial charge in [-0.2, -0.15) is 0 Å². The number of nitrogens with zero attached hydrogens (tertiary/aromatic N) is 2. The first-order chi connectivity index (χ1) is 10.2. The first-order valence-corrected chi connectivity index (χ1v) is 8.15. The van der Waals surface area contributed by atoms with Crippen LogP contribution in [0, 0.1) is 12.7 Å². The lowest BCUT2D eigenvalue weighted by molar-refractivity contribution is 0.234. The summed E-state index contributed by atoms with van der Waals surface area (Å²) in [5.74, 6) is -0.144. The van der Waals surface area contributed by atoms with Crippen molar-refractivity contribution in [2.45, 2.75) is 19.9 Å². The molecule has 0 radical (unpaired) electrons. The Bertz CT molecular complexity index is 605. The molecule has 2 aromatic rings. The number of aromatic nitrogens is 1. The maximum absolute atomic E-state index is 13.7. The van der Waals surface area contributed by atoms with Crippen molar-refractivity contribution in [3.05, 3.63) is 51.2 Å². The van der Waals surface area contributed by atoms with Crippen LogP contribution in [0.5, 0.6) is 0 Å². The summed E-state index contributed by atoms with van der Waals surface area (Å²) in [6.07, 6.45) is 0.583. The summed E-state index contributed by atoms with van der Waals surface area (Å²) < 4.78 is 13.7. The largest absolute Gasteiger partial charge is 0.314 e. The molecule has 2 heterocycles. The molecule has 1 saturated heterocycles. The maximum atomic E-state index is 13.7. The summed E-state index contributed by atoms with van der Waals surface area (Å²) in [5.41, 5.74) is 1.81. The second-order valence-electron chi connectivity index (χ2n) is 5.41. The van der Waals surface area contributed by atoms with E-state index in [1.54, 1.807) is 17.4 Å². The average molecular weight is 305 g/mol. The summed E-state index contributed by atoms with van der Waals surface area (Å²) in [6.45, 7) is 7.29. The van der Waals surface area contributed by atoms with Gasteiger partial charge in [0.2, 0.25) is 0 Å². The van der Waals surface area contributed by atoms with Crippen LogP contribution in [0.2, 0.25) is 0 Å². The molecule has 1 aliphatic rings. The van der Waals surface area contributed by atoms with Gasteiger partial charge in [-0.1, -0.05) is 18.2 Å². The molecule has 3 rings (SSSR count). The van der Waals surface area contributed by atoms with Crippen LogP contribution in [0.15, 0.2) is 24.3 Å². The number of nitrogens with one attached hydrogen (secondary N) is 1. The van der Waals surface area contributed by atoms with E-state index in [1.165, 1.54) is 10.9 Å². The van der Waals surface area contributed by atoms with E-state index in [0.717, 1.165) is 49.0 Å². The van der Waals surface area contributed by atoms with Gasteiger partial charge in [-0.3, -0.25) is 4.90 Å². The van der Waals surface area contributed by atoms with Gasteiger partial charge in [-0.05, 0) is 18.6 Å². The first-order valence-electron chi connectivity index (χ1n) is 7.34. The van der Waals surface area contributed by atoms with E-state index in [0.29, 0.717) is 6.42 Å². The standard InChI is InChI=1S/C16H20FN3S/c1-12-15(11-20-8-6-18-7-9-20)21-16(19-12)10-13-4-2-3-5-14(13)17/h2-5,18H,6-11H2,1H3. The van der Waals surface area contributed by atoms with E-state index in [1.807, 2.05) is 12.1 Å². The number of aryl methyl sites for hydroxylation is 1. The predicted octanol–water partition coefficient (Wildman–Crippen LogP) is 2.59. The minimum atomic E-state index is -0.144. The zero-order valence-electron chi connectivity index (χ0n) is 12.2. The van der Waals surface area contributed by atoms with Gasteiger partial charge in [0.15, 0.2) is 0 Å². The molecule has 21 heavy (non-hydrogen) atoms. The Kier molecular flexibility index (Phi) is 4.63. The van der Waals surface area contributed by atoms with Crippen molar-refractivity contribution < 1.29 is 4.39 Å². The monoisotopic (exact) mass is 305 g/mol. The summed E-state index contributed by atoms with van der Waals surface area (Å²) in [4.78, 5) is 8.38. The fourth-order valence-corrected chi connectivity index (χ4v) is 3.72. The average Bonchev–Trinajstić information content (AvgIpc) is 2.82. The minimum absolute atomic E-state index is 0.144. The number of halogens is 1. The van der Waals surface area contributed by atoms with E-state index >= 15 is 0 Å². The van der Waals surface area contributed by atoms with Crippen LogP contribution < -0.4 is 5.32 Å². The molecule has 1 aromatic heterocycles. The van der Waals surface area contributed by atoms with Crippen molar-refractivity contribution >= 4 is 11.3 Å². The number of rotatable bonds is 4. The Balaban J connectivity index is 1.70. The first kappa shape index (κ1) is 14.6. The Morgan fingerprint density at radius 2 is 2.05 bits per heavy atom. The lowest BCUT2D eigenvalue weighted by Crippen LogP contribution is -2.42. The van der Waals surface area contributed by atoms with E-state index in [9.17, 15) is 4.39 Å². The van der Waals surface area contributed by atoms with Crippen LogP contribution in [0.3, 0.4) is 0 Å². The van der Waals surface area contributed by atoms with Crippen LogP contribution in [-0.4, -0.2) is 36.1 Å². The second-order valence-corrected chi connectivity index (χ2v) is 6.58. The second kappa shape index (κ2) is 6.64. The lowest BCUT2D eigenvalue weighted by Gasteiger charge is -2.26. The third kappa shape index (κ3) is 3.67. The molecule has 112 valence electrons. The molecule has 1 aromatic carbocycles. The summed E-state index contributed by atoms with van der Waals surface area (Å²) in [6, 6.07) is 6.95. The zero-order chi connectivity index (χ0) is 14.7. The molecule has 0 saturated carbocycles. The predicted molar refractivity (Wildman–Crippen MR) is 84.2 cm³/mol. The number of benzene rings is 1. The lowest BCUT2D eigenvalue weighted by atomic mass is 10.1. The van der Waals surface area contributed by atoms with Gasteiger partial charge in [0.05, 0.1) is 10.7 Å². The number of thiazole rings is 1. The van der Waals surface area contributed by atoms with Crippen LogP contribution in [0.1, 0.15) is 21.1 Å². The Morgan fingerprint density at radius 3 is 2.81 bits per heavy atom. The quantitative estimate of drug-likeness (QED) is 0.941. The number of hydrogen-bond donors (Lipinski definition) is 1. The van der Waals surface area contributed by atoms with Crippen LogP contribution in [0.4, 0.5) is 4.39 Å². The van der Waals surface area contributed by atoms with E-state index in [-0.39, 0.29) is 5.82 Å². The highest BCUT2D eigenvalue weighted by molar-refractivity contribution is 7.11. The van der Waals surface area contributed by atoms with Crippen molar-refractivity contribution in [3.8, 4) is 0 Å². The highest BCUT2D eigenvalue weighted by atomic mass is 32.1. The smallest absolute Gasteiger partial charge is 0.126 e. The number of piperazine rings is 1. The zero-order valence-corrected chi connectivity index (χ0v) is 13.0. The van der Waals surface area contributed by atoms with Crippen molar-refractivity contribution in [1.82, 2.24) is 15.2 Å². The highest BCUT2D eigenvalue weighted by Crippen LogP contribution is 2.23. The van der Waals surface area contributed by atoms with Gasteiger partial charge < -0.3 is 5.32 Å². The van der Waals surface area contributed by atoms with Crippen molar-refractivity contribution in [3.63, 3.8) is 0 Å². The summed E-state index contributed by atoms with van der Waals surface area (Å²) in [5, 5.41) is 4.37. The van der Waals surface area contributed by atoms with E-state index < -0.39 is 0 Å². The maximum Gasteiger partial charge on any atom is 0.126 e. The third-order valence-corrected chi connectivity index (χ3v) is 4.96. The Morgan fingerprint density at radius 1 is 1.29 bits per heavy atom. The van der Waals surface area contributed by atoms with Crippen molar-refractivity contribution in [2.24, 2.45) is 0 Å². The summed E-state index contributed by atoms with van der Waals surface area (Å²) >= 11 is 1.72. The van der Waals surface area contributed by atoms with Gasteiger partial charge in [0, 0.05) is 44.0 Å². The molecule has 1 aliphatic heterocycles. The molecular weight excluding hydrogens is 285 g/mol. The molecule has 0 unspecified atom stereocenters. The highest BCUT2D eigenvalue weighted by Gasteiger charge is 2.15. The fourth-order valence-electron chi connectivity index (χ4n) is 2.59.